The molecule has 4 heteroatoms. The zero-order valence-corrected chi connectivity index (χ0v) is 11.9. The lowest BCUT2D eigenvalue weighted by Gasteiger charge is -2.20. The molecule has 0 aliphatic heterocycles. The van der Waals surface area contributed by atoms with E-state index in [4.69, 9.17) is 11.6 Å². The van der Waals surface area contributed by atoms with Crippen LogP contribution in [-0.2, 0) is 4.79 Å². The summed E-state index contributed by atoms with van der Waals surface area (Å²) in [5.41, 5.74) is 1.04. The molecule has 0 fully saturated rings. The van der Waals surface area contributed by atoms with Crippen molar-refractivity contribution < 1.29 is 4.79 Å². The highest BCUT2D eigenvalue weighted by molar-refractivity contribution is 9.10. The summed E-state index contributed by atoms with van der Waals surface area (Å²) in [6.45, 7) is 5.58. The SMILES string of the molecule is C[C@H](NC(=O)C(C)(C)Br)c1ccc(Cl)cc1. The second-order valence-corrected chi connectivity index (χ2v) is 6.64. The van der Waals surface area contributed by atoms with Crippen molar-refractivity contribution in [2.45, 2.75) is 31.1 Å². The van der Waals surface area contributed by atoms with Crippen molar-refractivity contribution in [3.63, 3.8) is 0 Å². The van der Waals surface area contributed by atoms with Crippen LogP contribution in [0.3, 0.4) is 0 Å². The van der Waals surface area contributed by atoms with Gasteiger partial charge in [0.15, 0.2) is 0 Å². The maximum Gasteiger partial charge on any atom is 0.236 e. The average molecular weight is 305 g/mol. The molecule has 1 atom stereocenters. The zero-order valence-electron chi connectivity index (χ0n) is 9.55. The molecule has 0 heterocycles. The molecule has 0 aliphatic rings. The monoisotopic (exact) mass is 303 g/mol. The molecule has 88 valence electrons. The minimum absolute atomic E-state index is 0.0263. The summed E-state index contributed by atoms with van der Waals surface area (Å²) in [6.07, 6.45) is 0. The molecule has 0 bridgehead atoms. The summed E-state index contributed by atoms with van der Waals surface area (Å²) in [7, 11) is 0. The maximum atomic E-state index is 11.7. The third kappa shape index (κ3) is 3.80. The molecule has 16 heavy (non-hydrogen) atoms. The van der Waals surface area contributed by atoms with Crippen molar-refractivity contribution in [2.24, 2.45) is 0 Å². The van der Waals surface area contributed by atoms with Crippen LogP contribution in [0.25, 0.3) is 0 Å². The number of halogens is 2. The van der Waals surface area contributed by atoms with Gasteiger partial charge in [0.1, 0.15) is 0 Å². The van der Waals surface area contributed by atoms with Crippen molar-refractivity contribution in [3.05, 3.63) is 34.9 Å². The van der Waals surface area contributed by atoms with Crippen molar-refractivity contribution in [1.82, 2.24) is 5.32 Å². The number of carbonyl (C=O) groups is 1. The van der Waals surface area contributed by atoms with Crippen LogP contribution in [-0.4, -0.2) is 10.2 Å². The van der Waals surface area contributed by atoms with E-state index >= 15 is 0 Å². The van der Waals surface area contributed by atoms with Gasteiger partial charge in [0.05, 0.1) is 10.4 Å². The number of hydrogen-bond donors (Lipinski definition) is 1. The number of benzene rings is 1. The Bertz CT molecular complexity index is 370. The Labute approximate surface area is 110 Å². The first-order valence-electron chi connectivity index (χ1n) is 5.06. The van der Waals surface area contributed by atoms with Gasteiger partial charge < -0.3 is 5.32 Å². The summed E-state index contributed by atoms with van der Waals surface area (Å²) in [5, 5.41) is 3.62. The lowest BCUT2D eigenvalue weighted by Crippen LogP contribution is -2.38. The fourth-order valence-electron chi connectivity index (χ4n) is 1.20. The van der Waals surface area contributed by atoms with Gasteiger partial charge in [-0.15, -0.1) is 0 Å². The minimum Gasteiger partial charge on any atom is -0.348 e. The van der Waals surface area contributed by atoms with E-state index in [-0.39, 0.29) is 11.9 Å². The third-order valence-electron chi connectivity index (χ3n) is 2.26. The molecule has 0 saturated heterocycles. The molecule has 1 N–H and O–H groups in total. The van der Waals surface area contributed by atoms with E-state index in [2.05, 4.69) is 21.2 Å². The lowest BCUT2D eigenvalue weighted by atomic mass is 10.1. The topological polar surface area (TPSA) is 29.1 Å². The summed E-state index contributed by atoms with van der Waals surface area (Å²) in [4.78, 5) is 11.7. The molecule has 2 nitrogen and oxygen atoms in total. The highest BCUT2D eigenvalue weighted by atomic mass is 79.9. The predicted octanol–water partition coefficient (Wildman–Crippen LogP) is 3.69. The fourth-order valence-corrected chi connectivity index (χ4v) is 1.44. The quantitative estimate of drug-likeness (QED) is 0.848. The van der Waals surface area contributed by atoms with E-state index in [1.165, 1.54) is 0 Å². The molecular weight excluding hydrogens is 289 g/mol. The highest BCUT2D eigenvalue weighted by Gasteiger charge is 2.24. The second kappa shape index (κ2) is 5.19. The van der Waals surface area contributed by atoms with Crippen LogP contribution < -0.4 is 5.32 Å². The lowest BCUT2D eigenvalue weighted by molar-refractivity contribution is -0.123. The van der Waals surface area contributed by atoms with Crippen LogP contribution in [0.1, 0.15) is 32.4 Å². The van der Waals surface area contributed by atoms with Gasteiger partial charge in [-0.3, -0.25) is 4.79 Å². The number of carbonyl (C=O) groups excluding carboxylic acids is 1. The van der Waals surface area contributed by atoms with Gasteiger partial charge in [-0.2, -0.15) is 0 Å². The average Bonchev–Trinajstić information content (AvgIpc) is 2.17. The molecule has 0 unspecified atom stereocenters. The first-order chi connectivity index (χ1) is 7.30. The Morgan fingerprint density at radius 3 is 2.31 bits per heavy atom. The van der Waals surface area contributed by atoms with Gasteiger partial charge in [-0.1, -0.05) is 39.7 Å². The van der Waals surface area contributed by atoms with Gasteiger partial charge in [0, 0.05) is 5.02 Å². The summed E-state index contributed by atoms with van der Waals surface area (Å²) in [5.74, 6) is -0.0325. The van der Waals surface area contributed by atoms with Gasteiger partial charge in [0.2, 0.25) is 5.91 Å². The standard InChI is InChI=1S/C12H15BrClNO/c1-8(15-11(16)12(2,3)13)9-4-6-10(14)7-5-9/h4-8H,1-3H3,(H,15,16)/t8-/m0/s1. The summed E-state index contributed by atoms with van der Waals surface area (Å²) >= 11 is 9.12. The number of hydrogen-bond acceptors (Lipinski definition) is 1. The van der Waals surface area contributed by atoms with Crippen LogP contribution >= 0.6 is 27.5 Å². The fraction of sp³-hybridized carbons (Fsp3) is 0.417. The molecule has 0 aromatic heterocycles. The Morgan fingerprint density at radius 2 is 1.88 bits per heavy atom. The van der Waals surface area contributed by atoms with Crippen LogP contribution in [0.5, 0.6) is 0 Å². The Morgan fingerprint density at radius 1 is 1.38 bits per heavy atom. The van der Waals surface area contributed by atoms with Gasteiger partial charge >= 0.3 is 0 Å². The Kier molecular flexibility index (Phi) is 4.39. The molecule has 1 aromatic rings. The van der Waals surface area contributed by atoms with Crippen LogP contribution in [0.2, 0.25) is 5.02 Å². The van der Waals surface area contributed by atoms with E-state index in [1.807, 2.05) is 45.0 Å². The second-order valence-electron chi connectivity index (χ2n) is 4.22. The molecule has 1 rings (SSSR count). The van der Waals surface area contributed by atoms with E-state index in [0.29, 0.717) is 5.02 Å². The number of rotatable bonds is 3. The van der Waals surface area contributed by atoms with Crippen molar-refractivity contribution >= 4 is 33.4 Å². The molecule has 1 amide bonds. The van der Waals surface area contributed by atoms with Crippen molar-refractivity contribution in [3.8, 4) is 0 Å². The first-order valence-corrected chi connectivity index (χ1v) is 6.23. The number of nitrogens with one attached hydrogen (secondary N) is 1. The van der Waals surface area contributed by atoms with Gasteiger partial charge in [0.25, 0.3) is 0 Å². The highest BCUT2D eigenvalue weighted by Crippen LogP contribution is 2.20. The molecule has 0 aliphatic carbocycles. The van der Waals surface area contributed by atoms with Crippen LogP contribution in [0, 0.1) is 0 Å². The first kappa shape index (κ1) is 13.5. The zero-order chi connectivity index (χ0) is 12.3. The van der Waals surface area contributed by atoms with Crippen LogP contribution in [0.4, 0.5) is 0 Å². The van der Waals surface area contributed by atoms with Crippen molar-refractivity contribution in [1.29, 1.82) is 0 Å². The molecular formula is C12H15BrClNO. The van der Waals surface area contributed by atoms with E-state index in [1.54, 1.807) is 0 Å². The van der Waals surface area contributed by atoms with E-state index in [9.17, 15) is 4.79 Å². The van der Waals surface area contributed by atoms with E-state index in [0.717, 1.165) is 5.56 Å². The Hall–Kier alpha value is -0.540. The molecule has 0 spiro atoms. The van der Waals surface area contributed by atoms with Gasteiger partial charge in [-0.25, -0.2) is 0 Å². The normalized spacial score (nSPS) is 13.3. The molecule has 0 radical (unpaired) electrons. The summed E-state index contributed by atoms with van der Waals surface area (Å²) in [6, 6.07) is 7.43. The van der Waals surface area contributed by atoms with Crippen LogP contribution in [0.15, 0.2) is 24.3 Å². The third-order valence-corrected chi connectivity index (χ3v) is 2.87. The number of amides is 1. The largest absolute Gasteiger partial charge is 0.348 e. The molecule has 1 aromatic carbocycles. The molecule has 0 saturated carbocycles. The van der Waals surface area contributed by atoms with Gasteiger partial charge in [-0.05, 0) is 38.5 Å². The Balaban J connectivity index is 2.69. The predicted molar refractivity (Wildman–Crippen MR) is 71.0 cm³/mol. The maximum absolute atomic E-state index is 11.7. The minimum atomic E-state index is -0.548. The van der Waals surface area contributed by atoms with E-state index < -0.39 is 4.32 Å². The summed E-state index contributed by atoms with van der Waals surface area (Å²) < 4.78 is -0.548. The van der Waals surface area contributed by atoms with Crippen molar-refractivity contribution in [2.75, 3.05) is 0 Å². The smallest absolute Gasteiger partial charge is 0.236 e. The number of alkyl halides is 1.